The molecule has 4 heteroatoms. The molecule has 0 spiro atoms. The van der Waals surface area contributed by atoms with E-state index in [1.165, 1.54) is 0 Å². The van der Waals surface area contributed by atoms with Gasteiger partial charge in [0.05, 0.1) is 11.1 Å². The van der Waals surface area contributed by atoms with E-state index in [-0.39, 0.29) is 11.4 Å². The summed E-state index contributed by atoms with van der Waals surface area (Å²) in [5, 5.41) is 3.86. The van der Waals surface area contributed by atoms with Gasteiger partial charge in [-0.05, 0) is 58.6 Å². The van der Waals surface area contributed by atoms with Crippen molar-refractivity contribution in [2.75, 3.05) is 0 Å². The van der Waals surface area contributed by atoms with Gasteiger partial charge >= 0.3 is 0 Å². The minimum Gasteiger partial charge on any atom is -0.342 e. The predicted molar refractivity (Wildman–Crippen MR) is 84.0 cm³/mol. The van der Waals surface area contributed by atoms with E-state index in [2.05, 4.69) is 21.2 Å². The molecule has 0 aromatic heterocycles. The molecule has 1 fully saturated rings. The van der Waals surface area contributed by atoms with E-state index in [0.717, 1.165) is 22.9 Å². The molecule has 0 aliphatic heterocycles. The Bertz CT molecular complexity index is 650. The van der Waals surface area contributed by atoms with Crippen LogP contribution in [-0.2, 0) is 5.54 Å². The van der Waals surface area contributed by atoms with Crippen LogP contribution in [0.25, 0.3) is 0 Å². The average molecular weight is 351 g/mol. The Labute approximate surface area is 131 Å². The largest absolute Gasteiger partial charge is 0.342 e. The standard InChI is InChI=1S/C16H13BrClNO/c17-14-4-2-1-3-13(14)15(20)19-16(9-10-16)11-5-7-12(18)8-6-11/h1-8H,9-10H2,(H,19,20). The molecule has 1 saturated carbocycles. The fourth-order valence-electron chi connectivity index (χ4n) is 2.31. The summed E-state index contributed by atoms with van der Waals surface area (Å²) in [6.45, 7) is 0. The zero-order valence-corrected chi connectivity index (χ0v) is 13.0. The number of carbonyl (C=O) groups is 1. The Hall–Kier alpha value is -1.32. The molecule has 0 bridgehead atoms. The lowest BCUT2D eigenvalue weighted by Gasteiger charge is -2.18. The summed E-state index contributed by atoms with van der Waals surface area (Å²) in [6, 6.07) is 15.1. The summed E-state index contributed by atoms with van der Waals surface area (Å²) in [7, 11) is 0. The van der Waals surface area contributed by atoms with Gasteiger partial charge < -0.3 is 5.32 Å². The molecule has 1 aliphatic carbocycles. The summed E-state index contributed by atoms with van der Waals surface area (Å²) in [4.78, 5) is 12.4. The van der Waals surface area contributed by atoms with E-state index >= 15 is 0 Å². The predicted octanol–water partition coefficient (Wildman–Crippen LogP) is 4.52. The highest BCUT2D eigenvalue weighted by molar-refractivity contribution is 9.10. The maximum absolute atomic E-state index is 12.4. The highest BCUT2D eigenvalue weighted by Gasteiger charge is 2.45. The third-order valence-corrected chi connectivity index (χ3v) is 4.56. The maximum atomic E-state index is 12.4. The third kappa shape index (κ3) is 2.60. The van der Waals surface area contributed by atoms with Gasteiger partial charge in [0.2, 0.25) is 0 Å². The number of amides is 1. The minimum atomic E-state index is -0.225. The molecule has 2 nitrogen and oxygen atoms in total. The van der Waals surface area contributed by atoms with E-state index < -0.39 is 0 Å². The highest BCUT2D eigenvalue weighted by Crippen LogP contribution is 2.46. The molecule has 3 rings (SSSR count). The summed E-state index contributed by atoms with van der Waals surface area (Å²) in [5.41, 5.74) is 1.55. The Morgan fingerprint density at radius 2 is 1.75 bits per heavy atom. The van der Waals surface area contributed by atoms with Crippen molar-refractivity contribution in [2.24, 2.45) is 0 Å². The van der Waals surface area contributed by atoms with Crippen LogP contribution in [0.3, 0.4) is 0 Å². The highest BCUT2D eigenvalue weighted by atomic mass is 79.9. The zero-order valence-electron chi connectivity index (χ0n) is 10.7. The van der Waals surface area contributed by atoms with Crippen molar-refractivity contribution < 1.29 is 4.79 Å². The van der Waals surface area contributed by atoms with Crippen molar-refractivity contribution in [3.8, 4) is 0 Å². The Kier molecular flexibility index (Phi) is 3.57. The van der Waals surface area contributed by atoms with Crippen LogP contribution in [-0.4, -0.2) is 5.91 Å². The normalized spacial score (nSPS) is 15.7. The summed E-state index contributed by atoms with van der Waals surface area (Å²) in [6.07, 6.45) is 1.93. The van der Waals surface area contributed by atoms with Gasteiger partial charge in [0, 0.05) is 9.50 Å². The summed E-state index contributed by atoms with van der Waals surface area (Å²) < 4.78 is 0.810. The number of hydrogen-bond donors (Lipinski definition) is 1. The second-order valence-electron chi connectivity index (χ2n) is 5.02. The molecule has 1 N–H and O–H groups in total. The number of benzene rings is 2. The molecule has 1 aliphatic rings. The number of nitrogens with one attached hydrogen (secondary N) is 1. The zero-order chi connectivity index (χ0) is 14.2. The van der Waals surface area contributed by atoms with Gasteiger partial charge in [0.25, 0.3) is 5.91 Å². The second kappa shape index (κ2) is 5.23. The first-order valence-corrected chi connectivity index (χ1v) is 7.61. The Morgan fingerprint density at radius 3 is 2.35 bits per heavy atom. The first kappa shape index (κ1) is 13.7. The second-order valence-corrected chi connectivity index (χ2v) is 6.31. The fourth-order valence-corrected chi connectivity index (χ4v) is 2.90. The summed E-state index contributed by atoms with van der Waals surface area (Å²) in [5.74, 6) is -0.0510. The molecule has 102 valence electrons. The maximum Gasteiger partial charge on any atom is 0.253 e. The molecule has 0 radical (unpaired) electrons. The quantitative estimate of drug-likeness (QED) is 0.866. The Morgan fingerprint density at radius 1 is 1.10 bits per heavy atom. The number of carbonyl (C=O) groups excluding carboxylic acids is 1. The van der Waals surface area contributed by atoms with Crippen molar-refractivity contribution in [1.29, 1.82) is 0 Å². The van der Waals surface area contributed by atoms with Crippen LogP contribution in [0.2, 0.25) is 5.02 Å². The first-order chi connectivity index (χ1) is 9.61. The topological polar surface area (TPSA) is 29.1 Å². The van der Waals surface area contributed by atoms with Crippen molar-refractivity contribution in [3.63, 3.8) is 0 Å². The minimum absolute atomic E-state index is 0.0510. The van der Waals surface area contributed by atoms with Crippen LogP contribution in [0.4, 0.5) is 0 Å². The van der Waals surface area contributed by atoms with Gasteiger partial charge in [-0.1, -0.05) is 35.9 Å². The molecule has 0 unspecified atom stereocenters. The SMILES string of the molecule is O=C(NC1(c2ccc(Cl)cc2)CC1)c1ccccc1Br. The molecular weight excluding hydrogens is 338 g/mol. The van der Waals surface area contributed by atoms with Crippen LogP contribution < -0.4 is 5.32 Å². The molecule has 2 aromatic carbocycles. The molecule has 0 atom stereocenters. The van der Waals surface area contributed by atoms with Gasteiger partial charge in [0.15, 0.2) is 0 Å². The third-order valence-electron chi connectivity index (χ3n) is 3.62. The van der Waals surface area contributed by atoms with Gasteiger partial charge in [0.1, 0.15) is 0 Å². The lowest BCUT2D eigenvalue weighted by Crippen LogP contribution is -2.35. The number of hydrogen-bond acceptors (Lipinski definition) is 1. The Balaban J connectivity index is 1.82. The number of rotatable bonds is 3. The number of halogens is 2. The van der Waals surface area contributed by atoms with Crippen LogP contribution in [0.1, 0.15) is 28.8 Å². The average Bonchev–Trinajstić information content (AvgIpc) is 3.20. The summed E-state index contributed by atoms with van der Waals surface area (Å²) >= 11 is 9.32. The molecular formula is C16H13BrClNO. The smallest absolute Gasteiger partial charge is 0.253 e. The van der Waals surface area contributed by atoms with E-state index in [9.17, 15) is 4.79 Å². The van der Waals surface area contributed by atoms with Crippen molar-refractivity contribution in [1.82, 2.24) is 5.32 Å². The van der Waals surface area contributed by atoms with E-state index in [1.807, 2.05) is 48.5 Å². The monoisotopic (exact) mass is 349 g/mol. The molecule has 2 aromatic rings. The van der Waals surface area contributed by atoms with Crippen LogP contribution in [0.15, 0.2) is 53.0 Å². The van der Waals surface area contributed by atoms with E-state index in [1.54, 1.807) is 0 Å². The lowest BCUT2D eigenvalue weighted by atomic mass is 10.0. The fraction of sp³-hybridized carbons (Fsp3) is 0.188. The van der Waals surface area contributed by atoms with Gasteiger partial charge in [-0.3, -0.25) is 4.79 Å². The van der Waals surface area contributed by atoms with Crippen molar-refractivity contribution in [3.05, 3.63) is 69.2 Å². The van der Waals surface area contributed by atoms with Gasteiger partial charge in [-0.25, -0.2) is 0 Å². The molecule has 1 amide bonds. The van der Waals surface area contributed by atoms with Crippen molar-refractivity contribution in [2.45, 2.75) is 18.4 Å². The van der Waals surface area contributed by atoms with E-state index in [0.29, 0.717) is 10.6 Å². The van der Waals surface area contributed by atoms with Crippen LogP contribution in [0.5, 0.6) is 0 Å². The molecule has 0 saturated heterocycles. The van der Waals surface area contributed by atoms with Crippen molar-refractivity contribution >= 4 is 33.4 Å². The van der Waals surface area contributed by atoms with Gasteiger partial charge in [-0.15, -0.1) is 0 Å². The van der Waals surface area contributed by atoms with Gasteiger partial charge in [-0.2, -0.15) is 0 Å². The molecule has 0 heterocycles. The first-order valence-electron chi connectivity index (χ1n) is 6.44. The van der Waals surface area contributed by atoms with E-state index in [4.69, 9.17) is 11.6 Å². The van der Waals surface area contributed by atoms with Crippen LogP contribution in [0, 0.1) is 0 Å². The molecule has 20 heavy (non-hydrogen) atoms. The van der Waals surface area contributed by atoms with Crippen LogP contribution >= 0.6 is 27.5 Å². The lowest BCUT2D eigenvalue weighted by molar-refractivity contribution is 0.0930.